The molecule has 1 unspecified atom stereocenters. The van der Waals surface area contributed by atoms with Crippen molar-refractivity contribution in [2.45, 2.75) is 19.4 Å². The Hall–Kier alpha value is -1.51. The highest BCUT2D eigenvalue weighted by atomic mass is 35.5. The van der Waals surface area contributed by atoms with Crippen molar-refractivity contribution in [1.82, 2.24) is 5.32 Å². The Bertz CT molecular complexity index is 583. The van der Waals surface area contributed by atoms with Gasteiger partial charge in [0.15, 0.2) is 0 Å². The van der Waals surface area contributed by atoms with Crippen LogP contribution in [-0.4, -0.2) is 14.2 Å². The fraction of sp³-hybridized carbons (Fsp3) is 0.294. The predicted octanol–water partition coefficient (Wildman–Crippen LogP) is 4.16. The van der Waals surface area contributed by atoms with Gasteiger partial charge in [-0.25, -0.2) is 0 Å². The maximum Gasteiger partial charge on any atom is 0.123 e. The third-order valence-electron chi connectivity index (χ3n) is 3.44. The number of hydrogen-bond acceptors (Lipinski definition) is 2. The van der Waals surface area contributed by atoms with E-state index in [1.54, 1.807) is 7.11 Å². The predicted molar refractivity (Wildman–Crippen MR) is 84.7 cm³/mol. The third kappa shape index (κ3) is 3.53. The first-order chi connectivity index (χ1) is 9.63. The van der Waals surface area contributed by atoms with Crippen molar-refractivity contribution in [1.29, 1.82) is 0 Å². The van der Waals surface area contributed by atoms with E-state index < -0.39 is 0 Å². The molecule has 0 radical (unpaired) electrons. The average molecular weight is 290 g/mol. The van der Waals surface area contributed by atoms with E-state index >= 15 is 0 Å². The van der Waals surface area contributed by atoms with Crippen molar-refractivity contribution in [2.75, 3.05) is 14.2 Å². The molecule has 0 aliphatic carbocycles. The number of nitrogens with one attached hydrogen (secondary N) is 1. The molecule has 1 atom stereocenters. The van der Waals surface area contributed by atoms with Crippen LogP contribution in [0.2, 0.25) is 5.02 Å². The highest BCUT2D eigenvalue weighted by Crippen LogP contribution is 2.30. The number of benzene rings is 2. The van der Waals surface area contributed by atoms with E-state index in [1.807, 2.05) is 25.2 Å². The molecule has 0 saturated heterocycles. The van der Waals surface area contributed by atoms with Crippen LogP contribution in [0.3, 0.4) is 0 Å². The topological polar surface area (TPSA) is 21.3 Å². The summed E-state index contributed by atoms with van der Waals surface area (Å²) < 4.78 is 5.45. The molecule has 106 valence electrons. The van der Waals surface area contributed by atoms with Gasteiger partial charge >= 0.3 is 0 Å². The number of aryl methyl sites for hydroxylation is 1. The molecule has 2 nitrogen and oxygen atoms in total. The molecule has 2 aromatic carbocycles. The largest absolute Gasteiger partial charge is 0.496 e. The third-order valence-corrected chi connectivity index (χ3v) is 3.67. The lowest BCUT2D eigenvalue weighted by molar-refractivity contribution is 0.401. The SMILES string of the molecule is CNC(Cc1cccc(C)c1)c1cc(Cl)ccc1OC. The summed E-state index contributed by atoms with van der Waals surface area (Å²) >= 11 is 6.12. The van der Waals surface area contributed by atoms with Crippen LogP contribution in [0.5, 0.6) is 5.75 Å². The molecule has 0 fully saturated rings. The second-order valence-electron chi connectivity index (χ2n) is 4.92. The molecule has 0 aromatic heterocycles. The van der Waals surface area contributed by atoms with E-state index in [9.17, 15) is 0 Å². The summed E-state index contributed by atoms with van der Waals surface area (Å²) in [6.45, 7) is 2.11. The van der Waals surface area contributed by atoms with Gasteiger partial charge in [-0.2, -0.15) is 0 Å². The van der Waals surface area contributed by atoms with E-state index in [1.165, 1.54) is 11.1 Å². The second-order valence-corrected chi connectivity index (χ2v) is 5.36. The molecule has 0 amide bonds. The zero-order valence-corrected chi connectivity index (χ0v) is 12.9. The van der Waals surface area contributed by atoms with Crippen LogP contribution in [0.25, 0.3) is 0 Å². The summed E-state index contributed by atoms with van der Waals surface area (Å²) in [4.78, 5) is 0. The molecule has 0 aliphatic rings. The maximum absolute atomic E-state index is 6.12. The number of methoxy groups -OCH3 is 1. The fourth-order valence-corrected chi connectivity index (χ4v) is 2.60. The smallest absolute Gasteiger partial charge is 0.123 e. The van der Waals surface area contributed by atoms with Crippen LogP contribution in [0.15, 0.2) is 42.5 Å². The van der Waals surface area contributed by atoms with Gasteiger partial charge < -0.3 is 10.1 Å². The molecule has 2 aromatic rings. The molecule has 2 rings (SSSR count). The summed E-state index contributed by atoms with van der Waals surface area (Å²) in [5.74, 6) is 0.862. The minimum atomic E-state index is 0.172. The standard InChI is InChI=1S/C17H20ClNO/c1-12-5-4-6-13(9-12)10-16(19-2)15-11-14(18)7-8-17(15)20-3/h4-9,11,16,19H,10H2,1-3H3. The Morgan fingerprint density at radius 2 is 2.00 bits per heavy atom. The number of ether oxygens (including phenoxy) is 1. The van der Waals surface area contributed by atoms with E-state index in [4.69, 9.17) is 16.3 Å². The number of rotatable bonds is 5. The van der Waals surface area contributed by atoms with Crippen molar-refractivity contribution in [2.24, 2.45) is 0 Å². The van der Waals surface area contributed by atoms with Crippen molar-refractivity contribution >= 4 is 11.6 Å². The first-order valence-electron chi connectivity index (χ1n) is 6.70. The summed E-state index contributed by atoms with van der Waals surface area (Å²) in [6.07, 6.45) is 0.898. The van der Waals surface area contributed by atoms with Gasteiger partial charge in [-0.15, -0.1) is 0 Å². The molecule has 0 aliphatic heterocycles. The fourth-order valence-electron chi connectivity index (χ4n) is 2.42. The monoisotopic (exact) mass is 289 g/mol. The van der Waals surface area contributed by atoms with Gasteiger partial charge in [0.25, 0.3) is 0 Å². The zero-order valence-electron chi connectivity index (χ0n) is 12.1. The minimum absolute atomic E-state index is 0.172. The van der Waals surface area contributed by atoms with Gasteiger partial charge in [0.2, 0.25) is 0 Å². The van der Waals surface area contributed by atoms with E-state index in [-0.39, 0.29) is 6.04 Å². The Morgan fingerprint density at radius 1 is 1.20 bits per heavy atom. The normalized spacial score (nSPS) is 12.2. The summed E-state index contributed by atoms with van der Waals surface area (Å²) in [5.41, 5.74) is 3.66. The van der Waals surface area contributed by atoms with Crippen molar-refractivity contribution in [3.63, 3.8) is 0 Å². The van der Waals surface area contributed by atoms with Crippen LogP contribution in [0, 0.1) is 6.92 Å². The Balaban J connectivity index is 2.30. The number of hydrogen-bond donors (Lipinski definition) is 1. The van der Waals surface area contributed by atoms with Crippen LogP contribution >= 0.6 is 11.6 Å². The van der Waals surface area contributed by atoms with Crippen LogP contribution in [0.4, 0.5) is 0 Å². The molecule has 0 saturated carbocycles. The molecule has 3 heteroatoms. The Labute approximate surface area is 125 Å². The number of halogens is 1. The van der Waals surface area contributed by atoms with Gasteiger partial charge in [-0.05, 0) is 44.2 Å². The maximum atomic E-state index is 6.12. The van der Waals surface area contributed by atoms with Gasteiger partial charge in [0.1, 0.15) is 5.75 Å². The second kappa shape index (κ2) is 6.78. The molecule has 0 spiro atoms. The van der Waals surface area contributed by atoms with Crippen LogP contribution in [-0.2, 0) is 6.42 Å². The molecule has 0 bridgehead atoms. The Morgan fingerprint density at radius 3 is 2.65 bits per heavy atom. The van der Waals surface area contributed by atoms with Crippen molar-refractivity contribution in [3.05, 3.63) is 64.2 Å². The quantitative estimate of drug-likeness (QED) is 0.892. The van der Waals surface area contributed by atoms with E-state index in [0.29, 0.717) is 0 Å². The van der Waals surface area contributed by atoms with Crippen LogP contribution in [0.1, 0.15) is 22.7 Å². The van der Waals surface area contributed by atoms with Crippen molar-refractivity contribution in [3.8, 4) is 5.75 Å². The van der Waals surface area contributed by atoms with Crippen LogP contribution < -0.4 is 10.1 Å². The average Bonchev–Trinajstić information content (AvgIpc) is 2.45. The summed E-state index contributed by atoms with van der Waals surface area (Å²) in [6, 6.07) is 14.5. The molecule has 0 heterocycles. The van der Waals surface area contributed by atoms with Gasteiger partial charge in [-0.1, -0.05) is 41.4 Å². The lowest BCUT2D eigenvalue weighted by Crippen LogP contribution is -2.19. The van der Waals surface area contributed by atoms with Gasteiger partial charge in [-0.3, -0.25) is 0 Å². The van der Waals surface area contributed by atoms with E-state index in [2.05, 4.69) is 36.5 Å². The number of likely N-dealkylation sites (N-methyl/N-ethyl adjacent to an activating group) is 1. The van der Waals surface area contributed by atoms with E-state index in [0.717, 1.165) is 22.8 Å². The molecular formula is C17H20ClNO. The van der Waals surface area contributed by atoms with Crippen molar-refractivity contribution < 1.29 is 4.74 Å². The minimum Gasteiger partial charge on any atom is -0.496 e. The highest BCUT2D eigenvalue weighted by molar-refractivity contribution is 6.30. The molecular weight excluding hydrogens is 270 g/mol. The Kier molecular flexibility index (Phi) is 5.05. The zero-order chi connectivity index (χ0) is 14.5. The first-order valence-corrected chi connectivity index (χ1v) is 7.08. The summed E-state index contributed by atoms with van der Waals surface area (Å²) in [7, 11) is 3.65. The first kappa shape index (κ1) is 14.9. The lowest BCUT2D eigenvalue weighted by Gasteiger charge is -2.20. The molecule has 20 heavy (non-hydrogen) atoms. The summed E-state index contributed by atoms with van der Waals surface area (Å²) in [5, 5.41) is 4.08. The van der Waals surface area contributed by atoms with Gasteiger partial charge in [0.05, 0.1) is 7.11 Å². The highest BCUT2D eigenvalue weighted by Gasteiger charge is 2.15. The van der Waals surface area contributed by atoms with Gasteiger partial charge in [0, 0.05) is 16.6 Å². The lowest BCUT2D eigenvalue weighted by atomic mass is 9.97. The molecule has 1 N–H and O–H groups in total.